The third kappa shape index (κ3) is 6.15. The molecule has 1 aromatic carbocycles. The van der Waals surface area contributed by atoms with Crippen LogP contribution in [0.3, 0.4) is 0 Å². The quantitative estimate of drug-likeness (QED) is 0.649. The lowest BCUT2D eigenvalue weighted by atomic mass is 10.1. The van der Waals surface area contributed by atoms with E-state index >= 15 is 0 Å². The van der Waals surface area contributed by atoms with Crippen molar-refractivity contribution in [3.63, 3.8) is 0 Å². The minimum Gasteiger partial charge on any atom is -0.379 e. The first-order valence-corrected chi connectivity index (χ1v) is 6.75. The van der Waals surface area contributed by atoms with E-state index in [1.54, 1.807) is 0 Å². The van der Waals surface area contributed by atoms with Gasteiger partial charge in [-0.1, -0.05) is 37.6 Å². The molecule has 0 aliphatic carbocycles. The highest BCUT2D eigenvalue weighted by molar-refractivity contribution is 5.26. The number of benzene rings is 1. The molecule has 0 radical (unpaired) electrons. The first kappa shape index (κ1) is 15.2. The van der Waals surface area contributed by atoms with Crippen molar-refractivity contribution < 1.29 is 9.47 Å². The molecule has 1 aromatic rings. The molecule has 0 saturated heterocycles. The zero-order chi connectivity index (χ0) is 13.1. The average molecular weight is 251 g/mol. The van der Waals surface area contributed by atoms with Gasteiger partial charge >= 0.3 is 0 Å². The SMILES string of the molecule is CCCCOCCOCc1ccccc1CNC. The van der Waals surface area contributed by atoms with Crippen LogP contribution in [0.1, 0.15) is 30.9 Å². The molecule has 3 heteroatoms. The summed E-state index contributed by atoms with van der Waals surface area (Å²) in [5, 5.41) is 3.17. The lowest BCUT2D eigenvalue weighted by molar-refractivity contribution is 0.0394. The molecular formula is C15H25NO2. The van der Waals surface area contributed by atoms with Crippen LogP contribution in [0.25, 0.3) is 0 Å². The third-order valence-corrected chi connectivity index (χ3v) is 2.76. The van der Waals surface area contributed by atoms with Gasteiger partial charge < -0.3 is 14.8 Å². The first-order valence-electron chi connectivity index (χ1n) is 6.75. The fourth-order valence-corrected chi connectivity index (χ4v) is 1.71. The number of nitrogens with one attached hydrogen (secondary N) is 1. The molecule has 0 unspecified atom stereocenters. The second-order valence-electron chi connectivity index (χ2n) is 4.32. The maximum atomic E-state index is 5.63. The normalized spacial score (nSPS) is 10.8. The zero-order valence-electron chi connectivity index (χ0n) is 11.6. The Balaban J connectivity index is 2.18. The van der Waals surface area contributed by atoms with Crippen LogP contribution in [0.2, 0.25) is 0 Å². The predicted octanol–water partition coefficient (Wildman–Crippen LogP) is 2.74. The van der Waals surface area contributed by atoms with Crippen LogP contribution in [0, 0.1) is 0 Å². The van der Waals surface area contributed by atoms with Crippen LogP contribution in [0.4, 0.5) is 0 Å². The van der Waals surface area contributed by atoms with Crippen LogP contribution in [0.5, 0.6) is 0 Å². The topological polar surface area (TPSA) is 30.5 Å². The van der Waals surface area contributed by atoms with E-state index in [1.807, 2.05) is 7.05 Å². The number of hydrogen-bond acceptors (Lipinski definition) is 3. The van der Waals surface area contributed by atoms with Crippen LogP contribution in [-0.2, 0) is 22.6 Å². The van der Waals surface area contributed by atoms with Crippen molar-refractivity contribution in [3.8, 4) is 0 Å². The van der Waals surface area contributed by atoms with Crippen LogP contribution in [-0.4, -0.2) is 26.9 Å². The summed E-state index contributed by atoms with van der Waals surface area (Å²) in [5.41, 5.74) is 2.55. The molecule has 0 aliphatic heterocycles. The molecule has 0 saturated carbocycles. The van der Waals surface area contributed by atoms with E-state index in [0.29, 0.717) is 19.8 Å². The smallest absolute Gasteiger partial charge is 0.0721 e. The van der Waals surface area contributed by atoms with Crippen molar-refractivity contribution in [2.45, 2.75) is 32.9 Å². The van der Waals surface area contributed by atoms with E-state index in [1.165, 1.54) is 17.5 Å². The molecule has 0 bridgehead atoms. The van der Waals surface area contributed by atoms with Gasteiger partial charge in [0.1, 0.15) is 0 Å². The average Bonchev–Trinajstić information content (AvgIpc) is 2.40. The minimum absolute atomic E-state index is 0.662. The van der Waals surface area contributed by atoms with Crippen molar-refractivity contribution >= 4 is 0 Å². The first-order chi connectivity index (χ1) is 8.88. The van der Waals surface area contributed by atoms with E-state index in [2.05, 4.69) is 36.5 Å². The lowest BCUT2D eigenvalue weighted by Crippen LogP contribution is -2.10. The summed E-state index contributed by atoms with van der Waals surface area (Å²) < 4.78 is 11.1. The highest BCUT2D eigenvalue weighted by Gasteiger charge is 2.00. The Bertz CT molecular complexity index is 315. The highest BCUT2D eigenvalue weighted by atomic mass is 16.5. The Morgan fingerprint density at radius 1 is 1.00 bits per heavy atom. The Morgan fingerprint density at radius 2 is 1.72 bits per heavy atom. The van der Waals surface area contributed by atoms with Crippen molar-refractivity contribution in [3.05, 3.63) is 35.4 Å². The maximum absolute atomic E-state index is 5.63. The van der Waals surface area contributed by atoms with Gasteiger partial charge in [0.15, 0.2) is 0 Å². The summed E-state index contributed by atoms with van der Waals surface area (Å²) in [5.74, 6) is 0. The van der Waals surface area contributed by atoms with Gasteiger partial charge in [-0.3, -0.25) is 0 Å². The van der Waals surface area contributed by atoms with E-state index < -0.39 is 0 Å². The molecule has 0 spiro atoms. The Labute approximate surface area is 110 Å². The summed E-state index contributed by atoms with van der Waals surface area (Å²) in [6.07, 6.45) is 2.31. The fraction of sp³-hybridized carbons (Fsp3) is 0.600. The van der Waals surface area contributed by atoms with Gasteiger partial charge in [0, 0.05) is 13.2 Å². The maximum Gasteiger partial charge on any atom is 0.0721 e. The molecule has 1 rings (SSSR count). The Hall–Kier alpha value is -0.900. The molecule has 102 valence electrons. The van der Waals surface area contributed by atoms with Gasteiger partial charge in [0.2, 0.25) is 0 Å². The number of rotatable bonds is 10. The second kappa shape index (κ2) is 10.1. The van der Waals surface area contributed by atoms with E-state index in [4.69, 9.17) is 9.47 Å². The number of ether oxygens (including phenoxy) is 2. The fourth-order valence-electron chi connectivity index (χ4n) is 1.71. The van der Waals surface area contributed by atoms with Gasteiger partial charge in [-0.15, -0.1) is 0 Å². The van der Waals surface area contributed by atoms with Crippen LogP contribution < -0.4 is 5.32 Å². The molecule has 0 atom stereocenters. The molecule has 0 amide bonds. The highest BCUT2D eigenvalue weighted by Crippen LogP contribution is 2.09. The van der Waals surface area contributed by atoms with Crippen molar-refractivity contribution in [2.75, 3.05) is 26.9 Å². The summed E-state index contributed by atoms with van der Waals surface area (Å²) in [7, 11) is 1.96. The van der Waals surface area contributed by atoms with Crippen LogP contribution in [0.15, 0.2) is 24.3 Å². The molecule has 0 heterocycles. The summed E-state index contributed by atoms with van der Waals surface area (Å²) in [6, 6.07) is 8.36. The van der Waals surface area contributed by atoms with Gasteiger partial charge in [0.05, 0.1) is 19.8 Å². The summed E-state index contributed by atoms with van der Waals surface area (Å²) in [4.78, 5) is 0. The van der Waals surface area contributed by atoms with Crippen molar-refractivity contribution in [1.82, 2.24) is 5.32 Å². The lowest BCUT2D eigenvalue weighted by Gasteiger charge is -2.10. The third-order valence-electron chi connectivity index (χ3n) is 2.76. The molecule has 18 heavy (non-hydrogen) atoms. The molecule has 3 nitrogen and oxygen atoms in total. The predicted molar refractivity (Wildman–Crippen MR) is 74.6 cm³/mol. The van der Waals surface area contributed by atoms with Crippen LogP contribution >= 0.6 is 0 Å². The zero-order valence-corrected chi connectivity index (χ0v) is 11.6. The molecule has 0 aliphatic rings. The number of hydrogen-bond donors (Lipinski definition) is 1. The number of unbranched alkanes of at least 4 members (excludes halogenated alkanes) is 1. The van der Waals surface area contributed by atoms with E-state index in [0.717, 1.165) is 19.6 Å². The van der Waals surface area contributed by atoms with Crippen molar-refractivity contribution in [2.24, 2.45) is 0 Å². The monoisotopic (exact) mass is 251 g/mol. The molecule has 0 aromatic heterocycles. The molecule has 1 N–H and O–H groups in total. The molecular weight excluding hydrogens is 226 g/mol. The van der Waals surface area contributed by atoms with Gasteiger partial charge in [-0.05, 0) is 24.6 Å². The van der Waals surface area contributed by atoms with E-state index in [9.17, 15) is 0 Å². The summed E-state index contributed by atoms with van der Waals surface area (Å²) >= 11 is 0. The second-order valence-corrected chi connectivity index (χ2v) is 4.32. The Kier molecular flexibility index (Phi) is 8.47. The standard InChI is InChI=1S/C15H25NO2/c1-3-4-9-17-10-11-18-13-15-8-6-5-7-14(15)12-16-2/h5-8,16H,3-4,9-13H2,1-2H3. The minimum atomic E-state index is 0.662. The van der Waals surface area contributed by atoms with E-state index in [-0.39, 0.29) is 0 Å². The Morgan fingerprint density at radius 3 is 2.44 bits per heavy atom. The van der Waals surface area contributed by atoms with Gasteiger partial charge in [-0.25, -0.2) is 0 Å². The molecule has 0 fully saturated rings. The van der Waals surface area contributed by atoms with Crippen molar-refractivity contribution in [1.29, 1.82) is 0 Å². The van der Waals surface area contributed by atoms with Gasteiger partial charge in [0.25, 0.3) is 0 Å². The largest absolute Gasteiger partial charge is 0.379 e. The summed E-state index contributed by atoms with van der Waals surface area (Å²) in [6.45, 7) is 5.90. The van der Waals surface area contributed by atoms with Gasteiger partial charge in [-0.2, -0.15) is 0 Å².